The summed E-state index contributed by atoms with van der Waals surface area (Å²) in [5.41, 5.74) is -0.0728. The summed E-state index contributed by atoms with van der Waals surface area (Å²) in [5, 5.41) is 0. The summed E-state index contributed by atoms with van der Waals surface area (Å²) in [6, 6.07) is 0. The largest absolute Gasteiger partial charge is 0.465 e. The molecule has 0 rings (SSSR count). The molecule has 0 atom stereocenters. The summed E-state index contributed by atoms with van der Waals surface area (Å²) in [5.74, 6) is 4.84. The molecule has 0 fully saturated rings. The van der Waals surface area contributed by atoms with Crippen LogP contribution in [-0.2, 0) is 19.1 Å². The van der Waals surface area contributed by atoms with Crippen molar-refractivity contribution in [3.8, 4) is 11.8 Å². The number of hydrogen-bond donors (Lipinski definition) is 0. The molecule has 0 aromatic rings. The van der Waals surface area contributed by atoms with Gasteiger partial charge in [0.15, 0.2) is 5.41 Å². The molecule has 0 spiro atoms. The monoisotopic (exact) mass is 322 g/mol. The van der Waals surface area contributed by atoms with Gasteiger partial charge in [-0.3, -0.25) is 9.59 Å². The molecule has 4 nitrogen and oxygen atoms in total. The van der Waals surface area contributed by atoms with Gasteiger partial charge < -0.3 is 9.47 Å². The second-order valence-electron chi connectivity index (χ2n) is 5.62. The first-order valence-electron chi connectivity index (χ1n) is 8.32. The number of esters is 2. The molecule has 0 aliphatic carbocycles. The zero-order valence-corrected chi connectivity index (χ0v) is 15.2. The number of ether oxygens (including phenoxy) is 2. The lowest BCUT2D eigenvalue weighted by molar-refractivity contribution is -0.173. The summed E-state index contributed by atoms with van der Waals surface area (Å²) in [7, 11) is 0. The topological polar surface area (TPSA) is 52.6 Å². The lowest BCUT2D eigenvalue weighted by Gasteiger charge is -2.28. The predicted molar refractivity (Wildman–Crippen MR) is 91.7 cm³/mol. The molecule has 0 radical (unpaired) electrons. The van der Waals surface area contributed by atoms with Crippen molar-refractivity contribution >= 4 is 11.9 Å². The quantitative estimate of drug-likeness (QED) is 0.200. The molecular weight excluding hydrogens is 292 g/mol. The van der Waals surface area contributed by atoms with Crippen molar-refractivity contribution in [3.63, 3.8) is 0 Å². The van der Waals surface area contributed by atoms with E-state index in [-0.39, 0.29) is 13.2 Å². The van der Waals surface area contributed by atoms with Gasteiger partial charge in [-0.25, -0.2) is 0 Å². The van der Waals surface area contributed by atoms with E-state index < -0.39 is 17.4 Å². The van der Waals surface area contributed by atoms with E-state index in [9.17, 15) is 9.59 Å². The standard InChI is InChI=1S/C19H30O4/c1-6-9-10-11-14-19(17(20)22-7-2,18(21)23-8-3)15-12-13-16(4)5/h13H,7-8,10-12,14-15H2,1-5H3. The maximum absolute atomic E-state index is 12.5. The fourth-order valence-electron chi connectivity index (χ4n) is 2.37. The van der Waals surface area contributed by atoms with Gasteiger partial charge in [-0.05, 0) is 60.3 Å². The summed E-state index contributed by atoms with van der Waals surface area (Å²) in [6.07, 6.45) is 4.77. The summed E-state index contributed by atoms with van der Waals surface area (Å²) in [4.78, 5) is 25.1. The summed E-state index contributed by atoms with van der Waals surface area (Å²) >= 11 is 0. The van der Waals surface area contributed by atoms with Crippen LogP contribution in [0.25, 0.3) is 0 Å². The van der Waals surface area contributed by atoms with Gasteiger partial charge in [-0.2, -0.15) is 0 Å². The van der Waals surface area contributed by atoms with Crippen molar-refractivity contribution < 1.29 is 19.1 Å². The number of hydrogen-bond acceptors (Lipinski definition) is 4. The van der Waals surface area contributed by atoms with Gasteiger partial charge in [0.05, 0.1) is 13.2 Å². The normalized spacial score (nSPS) is 10.3. The summed E-state index contributed by atoms with van der Waals surface area (Å²) in [6.45, 7) is 9.74. The van der Waals surface area contributed by atoms with E-state index in [2.05, 4.69) is 11.8 Å². The molecule has 0 unspecified atom stereocenters. The van der Waals surface area contributed by atoms with Crippen LogP contribution in [0.15, 0.2) is 11.6 Å². The van der Waals surface area contributed by atoms with Gasteiger partial charge in [0, 0.05) is 6.42 Å². The molecule has 0 saturated heterocycles. The van der Waals surface area contributed by atoms with Crippen LogP contribution in [-0.4, -0.2) is 25.2 Å². The Morgan fingerprint density at radius 1 is 1.04 bits per heavy atom. The average molecular weight is 322 g/mol. The molecule has 0 heterocycles. The van der Waals surface area contributed by atoms with Crippen LogP contribution in [0.4, 0.5) is 0 Å². The molecule has 0 aromatic heterocycles. The number of rotatable bonds is 10. The highest BCUT2D eigenvalue weighted by molar-refractivity contribution is 6.00. The second kappa shape index (κ2) is 11.8. The third-order valence-corrected chi connectivity index (χ3v) is 3.54. The van der Waals surface area contributed by atoms with E-state index >= 15 is 0 Å². The molecule has 4 heteroatoms. The Labute approximate surface area is 140 Å². The molecule has 0 aromatic carbocycles. The van der Waals surface area contributed by atoms with Crippen LogP contribution < -0.4 is 0 Å². The van der Waals surface area contributed by atoms with Crippen LogP contribution >= 0.6 is 0 Å². The molecular formula is C19H30O4. The maximum atomic E-state index is 12.5. The van der Waals surface area contributed by atoms with Crippen LogP contribution in [0.2, 0.25) is 0 Å². The minimum atomic E-state index is -1.23. The van der Waals surface area contributed by atoms with Gasteiger partial charge in [0.25, 0.3) is 0 Å². The van der Waals surface area contributed by atoms with E-state index in [0.29, 0.717) is 32.1 Å². The van der Waals surface area contributed by atoms with Gasteiger partial charge in [-0.15, -0.1) is 11.8 Å². The molecule has 0 amide bonds. The number of allylic oxidation sites excluding steroid dienone is 2. The Bertz CT molecular complexity index is 443. The van der Waals surface area contributed by atoms with Gasteiger partial charge in [0.1, 0.15) is 0 Å². The lowest BCUT2D eigenvalue weighted by atomic mass is 9.78. The highest BCUT2D eigenvalue weighted by Gasteiger charge is 2.47. The zero-order valence-electron chi connectivity index (χ0n) is 15.2. The van der Waals surface area contributed by atoms with Crippen molar-refractivity contribution in [3.05, 3.63) is 11.6 Å². The first-order valence-corrected chi connectivity index (χ1v) is 8.32. The van der Waals surface area contributed by atoms with Gasteiger partial charge >= 0.3 is 11.9 Å². The van der Waals surface area contributed by atoms with Crippen LogP contribution in [0.3, 0.4) is 0 Å². The highest BCUT2D eigenvalue weighted by atomic mass is 16.6. The molecule has 0 aliphatic heterocycles. The minimum Gasteiger partial charge on any atom is -0.465 e. The van der Waals surface area contributed by atoms with Crippen molar-refractivity contribution in [2.45, 2.75) is 66.7 Å². The molecule has 0 saturated carbocycles. The second-order valence-corrected chi connectivity index (χ2v) is 5.62. The Morgan fingerprint density at radius 3 is 2.04 bits per heavy atom. The van der Waals surface area contributed by atoms with Crippen molar-refractivity contribution in [1.82, 2.24) is 0 Å². The fraction of sp³-hybridized carbons (Fsp3) is 0.684. The molecule has 0 aliphatic rings. The zero-order chi connectivity index (χ0) is 17.7. The minimum absolute atomic E-state index is 0.247. The van der Waals surface area contributed by atoms with Crippen LogP contribution in [0.1, 0.15) is 66.7 Å². The third-order valence-electron chi connectivity index (χ3n) is 3.54. The van der Waals surface area contributed by atoms with E-state index in [1.54, 1.807) is 20.8 Å². The predicted octanol–water partition coefficient (Wildman–Crippen LogP) is 4.04. The Morgan fingerprint density at radius 2 is 1.61 bits per heavy atom. The van der Waals surface area contributed by atoms with Gasteiger partial charge in [-0.1, -0.05) is 11.6 Å². The summed E-state index contributed by atoms with van der Waals surface area (Å²) < 4.78 is 10.4. The molecule has 23 heavy (non-hydrogen) atoms. The molecule has 130 valence electrons. The van der Waals surface area contributed by atoms with Crippen molar-refractivity contribution in [1.29, 1.82) is 0 Å². The van der Waals surface area contributed by atoms with E-state index in [1.165, 1.54) is 0 Å². The third kappa shape index (κ3) is 7.36. The highest BCUT2D eigenvalue weighted by Crippen LogP contribution is 2.34. The SMILES string of the molecule is CC#CCCCC(CCC=C(C)C)(C(=O)OCC)C(=O)OCC. The Balaban J connectivity index is 5.38. The van der Waals surface area contributed by atoms with Crippen LogP contribution in [0, 0.1) is 17.3 Å². The van der Waals surface area contributed by atoms with E-state index in [0.717, 1.165) is 5.57 Å². The number of unbranched alkanes of at least 4 members (excludes halogenated alkanes) is 1. The maximum Gasteiger partial charge on any atom is 0.323 e. The lowest BCUT2D eigenvalue weighted by Crippen LogP contribution is -2.42. The number of carbonyl (C=O) groups is 2. The average Bonchev–Trinajstić information content (AvgIpc) is 2.49. The first-order chi connectivity index (χ1) is 10.9. The first kappa shape index (κ1) is 21.2. The fourth-order valence-corrected chi connectivity index (χ4v) is 2.37. The molecule has 0 N–H and O–H groups in total. The molecule has 0 bridgehead atoms. The smallest absolute Gasteiger partial charge is 0.323 e. The Kier molecular flexibility index (Phi) is 10.9. The van der Waals surface area contributed by atoms with Crippen molar-refractivity contribution in [2.75, 3.05) is 13.2 Å². The van der Waals surface area contributed by atoms with E-state index in [4.69, 9.17) is 9.47 Å². The van der Waals surface area contributed by atoms with Crippen LogP contribution in [0.5, 0.6) is 0 Å². The van der Waals surface area contributed by atoms with Crippen molar-refractivity contribution in [2.24, 2.45) is 5.41 Å². The number of carbonyl (C=O) groups excluding carboxylic acids is 2. The van der Waals surface area contributed by atoms with Gasteiger partial charge in [0.2, 0.25) is 0 Å². The Hall–Kier alpha value is -1.76. The van der Waals surface area contributed by atoms with E-state index in [1.807, 2.05) is 19.9 Å².